The highest BCUT2D eigenvalue weighted by Gasteiger charge is 2.27. The molecule has 1 aliphatic heterocycles. The lowest BCUT2D eigenvalue weighted by Gasteiger charge is -2.16. The van der Waals surface area contributed by atoms with Crippen molar-refractivity contribution in [1.29, 1.82) is 0 Å². The van der Waals surface area contributed by atoms with Gasteiger partial charge in [-0.3, -0.25) is 9.36 Å². The van der Waals surface area contributed by atoms with Crippen LogP contribution < -0.4 is 5.69 Å². The van der Waals surface area contributed by atoms with E-state index in [-0.39, 0.29) is 17.7 Å². The minimum absolute atomic E-state index is 0.000375. The van der Waals surface area contributed by atoms with Crippen LogP contribution in [0.4, 0.5) is 0 Å². The van der Waals surface area contributed by atoms with Crippen LogP contribution in [-0.4, -0.2) is 46.2 Å². The van der Waals surface area contributed by atoms with Crippen LogP contribution in [-0.2, 0) is 11.3 Å². The topological polar surface area (TPSA) is 67.3 Å². The average Bonchev–Trinajstić information content (AvgIpc) is 3.09. The summed E-state index contributed by atoms with van der Waals surface area (Å²) in [6, 6.07) is 5.37. The second-order valence-electron chi connectivity index (χ2n) is 5.52. The first-order valence-corrected chi connectivity index (χ1v) is 7.77. The van der Waals surface area contributed by atoms with Crippen LogP contribution >= 0.6 is 0 Å². The minimum atomic E-state index is -0.139. The summed E-state index contributed by atoms with van der Waals surface area (Å²) in [6.07, 6.45) is 1.02. The maximum atomic E-state index is 12.6. The molecule has 2 aromatic rings. The first-order chi connectivity index (χ1) is 10.6. The molecule has 118 valence electrons. The SMILES string of the molecule is CCO[C@H]1CCN(C(=O)c2ccc3[nH]c(=O)n(CC)c3c2)C1. The molecule has 1 aromatic carbocycles. The van der Waals surface area contributed by atoms with Gasteiger partial charge in [-0.05, 0) is 38.5 Å². The van der Waals surface area contributed by atoms with E-state index in [0.29, 0.717) is 25.3 Å². The van der Waals surface area contributed by atoms with Crippen LogP contribution in [0.25, 0.3) is 11.0 Å². The Hall–Kier alpha value is -2.08. The van der Waals surface area contributed by atoms with Gasteiger partial charge in [-0.2, -0.15) is 0 Å². The fraction of sp³-hybridized carbons (Fsp3) is 0.500. The lowest BCUT2D eigenvalue weighted by Crippen LogP contribution is -2.30. The quantitative estimate of drug-likeness (QED) is 0.933. The van der Waals surface area contributed by atoms with Gasteiger partial charge in [-0.1, -0.05) is 0 Å². The average molecular weight is 303 g/mol. The summed E-state index contributed by atoms with van der Waals surface area (Å²) in [5.41, 5.74) is 2.02. The van der Waals surface area contributed by atoms with E-state index in [9.17, 15) is 9.59 Å². The molecule has 1 fully saturated rings. The van der Waals surface area contributed by atoms with Crippen molar-refractivity contribution in [1.82, 2.24) is 14.5 Å². The second-order valence-corrected chi connectivity index (χ2v) is 5.52. The number of nitrogens with one attached hydrogen (secondary N) is 1. The number of carbonyl (C=O) groups is 1. The highest BCUT2D eigenvalue weighted by molar-refractivity contribution is 5.97. The molecular weight excluding hydrogens is 282 g/mol. The third kappa shape index (κ3) is 2.54. The molecule has 0 saturated carbocycles. The number of likely N-dealkylation sites (tertiary alicyclic amines) is 1. The molecule has 0 unspecified atom stereocenters. The summed E-state index contributed by atoms with van der Waals surface area (Å²) < 4.78 is 7.22. The van der Waals surface area contributed by atoms with E-state index in [4.69, 9.17) is 4.74 Å². The maximum absolute atomic E-state index is 12.6. The molecule has 1 atom stereocenters. The highest BCUT2D eigenvalue weighted by Crippen LogP contribution is 2.19. The normalized spacial score (nSPS) is 18.3. The lowest BCUT2D eigenvalue weighted by atomic mass is 10.1. The van der Waals surface area contributed by atoms with Crippen molar-refractivity contribution in [3.8, 4) is 0 Å². The number of fused-ring (bicyclic) bond motifs is 1. The zero-order chi connectivity index (χ0) is 15.7. The van der Waals surface area contributed by atoms with Crippen molar-refractivity contribution in [2.75, 3.05) is 19.7 Å². The van der Waals surface area contributed by atoms with Gasteiger partial charge >= 0.3 is 5.69 Å². The van der Waals surface area contributed by atoms with Crippen LogP contribution in [0.5, 0.6) is 0 Å². The summed E-state index contributed by atoms with van der Waals surface area (Å²) >= 11 is 0. The Labute approximate surface area is 128 Å². The molecule has 1 aliphatic rings. The molecule has 0 aliphatic carbocycles. The number of nitrogens with zero attached hydrogens (tertiary/aromatic N) is 2. The van der Waals surface area contributed by atoms with Gasteiger partial charge in [-0.25, -0.2) is 4.79 Å². The third-order valence-electron chi connectivity index (χ3n) is 4.17. The second kappa shape index (κ2) is 5.96. The number of ether oxygens (including phenoxy) is 1. The fourth-order valence-corrected chi connectivity index (χ4v) is 3.07. The lowest BCUT2D eigenvalue weighted by molar-refractivity contribution is 0.0598. The molecular formula is C16H21N3O3. The molecule has 1 aromatic heterocycles. The van der Waals surface area contributed by atoms with Crippen molar-refractivity contribution in [2.24, 2.45) is 0 Å². The van der Waals surface area contributed by atoms with Crippen molar-refractivity contribution in [3.05, 3.63) is 34.2 Å². The van der Waals surface area contributed by atoms with Crippen LogP contribution in [0.1, 0.15) is 30.6 Å². The summed E-state index contributed by atoms with van der Waals surface area (Å²) in [7, 11) is 0. The number of carbonyl (C=O) groups excluding carboxylic acids is 1. The molecule has 2 heterocycles. The van der Waals surface area contributed by atoms with Crippen molar-refractivity contribution in [2.45, 2.75) is 32.9 Å². The van der Waals surface area contributed by atoms with Gasteiger partial charge in [0.25, 0.3) is 5.91 Å². The molecule has 0 radical (unpaired) electrons. The number of imidazole rings is 1. The van der Waals surface area contributed by atoms with Crippen LogP contribution in [0.3, 0.4) is 0 Å². The van der Waals surface area contributed by atoms with E-state index < -0.39 is 0 Å². The number of aryl methyl sites for hydroxylation is 1. The molecule has 1 amide bonds. The van der Waals surface area contributed by atoms with Crippen molar-refractivity contribution in [3.63, 3.8) is 0 Å². The Bertz CT molecular complexity index is 747. The summed E-state index contributed by atoms with van der Waals surface area (Å²) in [6.45, 7) is 6.48. The summed E-state index contributed by atoms with van der Waals surface area (Å²) in [5, 5.41) is 0. The van der Waals surface area contributed by atoms with E-state index in [1.165, 1.54) is 0 Å². The Kier molecular flexibility index (Phi) is 4.02. The largest absolute Gasteiger partial charge is 0.377 e. The standard InChI is InChI=1S/C16H21N3O3/c1-3-19-14-9-11(5-6-13(14)17-16(19)21)15(20)18-8-7-12(10-18)22-4-2/h5-6,9,12H,3-4,7-8,10H2,1-2H3,(H,17,21)/t12-/m0/s1. The molecule has 6 heteroatoms. The summed E-state index contributed by atoms with van der Waals surface area (Å²) in [5.74, 6) is 0.000375. The number of hydrogen-bond donors (Lipinski definition) is 1. The zero-order valence-corrected chi connectivity index (χ0v) is 13.0. The van der Waals surface area contributed by atoms with Gasteiger partial charge in [0.15, 0.2) is 0 Å². The fourth-order valence-electron chi connectivity index (χ4n) is 3.07. The number of aromatic amines is 1. The minimum Gasteiger partial charge on any atom is -0.377 e. The van der Waals surface area contributed by atoms with Gasteiger partial charge in [-0.15, -0.1) is 0 Å². The maximum Gasteiger partial charge on any atom is 0.326 e. The van der Waals surface area contributed by atoms with E-state index in [1.807, 2.05) is 18.7 Å². The highest BCUT2D eigenvalue weighted by atomic mass is 16.5. The number of rotatable bonds is 4. The van der Waals surface area contributed by atoms with E-state index in [2.05, 4.69) is 4.98 Å². The predicted molar refractivity (Wildman–Crippen MR) is 84.2 cm³/mol. The first kappa shape index (κ1) is 14.8. The number of aromatic nitrogens is 2. The number of benzene rings is 1. The summed E-state index contributed by atoms with van der Waals surface area (Å²) in [4.78, 5) is 29.1. The van der Waals surface area contributed by atoms with Crippen LogP contribution in [0.15, 0.2) is 23.0 Å². The predicted octanol–water partition coefficient (Wildman–Crippen LogP) is 1.60. The van der Waals surface area contributed by atoms with Crippen LogP contribution in [0, 0.1) is 0 Å². The molecule has 3 rings (SSSR count). The molecule has 6 nitrogen and oxygen atoms in total. The molecule has 1 N–H and O–H groups in total. The van der Waals surface area contributed by atoms with Gasteiger partial charge in [0, 0.05) is 31.8 Å². The van der Waals surface area contributed by atoms with E-state index in [0.717, 1.165) is 24.0 Å². The number of H-pyrrole nitrogens is 1. The smallest absolute Gasteiger partial charge is 0.326 e. The van der Waals surface area contributed by atoms with Gasteiger partial charge in [0.1, 0.15) is 0 Å². The van der Waals surface area contributed by atoms with Gasteiger partial charge in [0.2, 0.25) is 0 Å². The van der Waals surface area contributed by atoms with Crippen molar-refractivity contribution >= 4 is 16.9 Å². The Balaban J connectivity index is 1.87. The van der Waals surface area contributed by atoms with Gasteiger partial charge < -0.3 is 14.6 Å². The monoisotopic (exact) mass is 303 g/mol. The first-order valence-electron chi connectivity index (χ1n) is 7.77. The molecule has 1 saturated heterocycles. The Morgan fingerprint density at radius 2 is 2.23 bits per heavy atom. The molecule has 22 heavy (non-hydrogen) atoms. The Morgan fingerprint density at radius 3 is 2.95 bits per heavy atom. The van der Waals surface area contributed by atoms with E-state index >= 15 is 0 Å². The molecule has 0 bridgehead atoms. The number of hydrogen-bond acceptors (Lipinski definition) is 3. The van der Waals surface area contributed by atoms with E-state index in [1.54, 1.807) is 22.8 Å². The third-order valence-corrected chi connectivity index (χ3v) is 4.17. The number of amides is 1. The van der Waals surface area contributed by atoms with Gasteiger partial charge in [0.05, 0.1) is 17.1 Å². The van der Waals surface area contributed by atoms with Crippen LogP contribution in [0.2, 0.25) is 0 Å². The zero-order valence-electron chi connectivity index (χ0n) is 13.0. The Morgan fingerprint density at radius 1 is 1.41 bits per heavy atom. The van der Waals surface area contributed by atoms with Crippen molar-refractivity contribution < 1.29 is 9.53 Å². The molecule has 0 spiro atoms.